The van der Waals surface area contributed by atoms with Gasteiger partial charge in [-0.15, -0.1) is 0 Å². The van der Waals surface area contributed by atoms with Crippen LogP contribution < -0.4 is 26.4 Å². The van der Waals surface area contributed by atoms with Crippen molar-refractivity contribution in [3.05, 3.63) is 41.7 Å². The number of para-hydroxylation sites is 1. The van der Waals surface area contributed by atoms with Gasteiger partial charge in [-0.1, -0.05) is 18.2 Å². The minimum Gasteiger partial charge on any atom is -0.355 e. The minimum absolute atomic E-state index is 0.0108. The smallest absolute Gasteiger partial charge is 0.168 e. The lowest BCUT2D eigenvalue weighted by Gasteiger charge is -2.37. The van der Waals surface area contributed by atoms with E-state index in [4.69, 9.17) is 15.7 Å². The predicted octanol–water partition coefficient (Wildman–Crippen LogP) is 2.18. The first-order valence-corrected chi connectivity index (χ1v) is 9.88. The molecule has 142 valence electrons. The number of nitrogens with zero attached hydrogens (tertiary/aromatic N) is 4. The number of anilines is 3. The van der Waals surface area contributed by atoms with Gasteiger partial charge >= 0.3 is 0 Å². The Morgan fingerprint density at radius 2 is 2.00 bits per heavy atom. The van der Waals surface area contributed by atoms with Crippen LogP contribution in [0.3, 0.4) is 0 Å². The lowest BCUT2D eigenvalue weighted by Crippen LogP contribution is -2.48. The zero-order valence-corrected chi connectivity index (χ0v) is 15.8. The molecule has 0 spiro atoms. The largest absolute Gasteiger partial charge is 0.355 e. The molecule has 0 amide bonds. The Balaban J connectivity index is 1.39. The summed E-state index contributed by atoms with van der Waals surface area (Å²) in [7, 11) is 0. The third-order valence-electron chi connectivity index (χ3n) is 6.06. The van der Waals surface area contributed by atoms with Gasteiger partial charge in [0.25, 0.3) is 0 Å². The number of fused-ring (bicyclic) bond motifs is 2. The van der Waals surface area contributed by atoms with Gasteiger partial charge in [0, 0.05) is 30.9 Å². The first-order valence-electron chi connectivity index (χ1n) is 9.88. The van der Waals surface area contributed by atoms with E-state index in [1.54, 1.807) is 0 Å². The van der Waals surface area contributed by atoms with Crippen molar-refractivity contribution in [1.82, 2.24) is 15.4 Å². The Bertz CT molecular complexity index is 840. The summed E-state index contributed by atoms with van der Waals surface area (Å²) >= 11 is 0. The minimum atomic E-state index is -0.0623. The van der Waals surface area contributed by atoms with Crippen LogP contribution >= 0.6 is 0 Å². The van der Waals surface area contributed by atoms with Gasteiger partial charge in [0.2, 0.25) is 0 Å². The van der Waals surface area contributed by atoms with Crippen molar-refractivity contribution < 1.29 is 0 Å². The van der Waals surface area contributed by atoms with Crippen LogP contribution in [0.4, 0.5) is 17.3 Å². The van der Waals surface area contributed by atoms with Crippen LogP contribution in [0.5, 0.6) is 0 Å². The van der Waals surface area contributed by atoms with Gasteiger partial charge in [-0.05, 0) is 44.2 Å². The van der Waals surface area contributed by atoms with Crippen molar-refractivity contribution in [3.8, 4) is 0 Å². The van der Waals surface area contributed by atoms with E-state index in [0.29, 0.717) is 0 Å². The molecular formula is C20H27N7. The summed E-state index contributed by atoms with van der Waals surface area (Å²) in [6.45, 7) is 5.00. The molecular weight excluding hydrogens is 338 g/mol. The zero-order valence-electron chi connectivity index (χ0n) is 15.8. The van der Waals surface area contributed by atoms with Crippen LogP contribution in [0, 0.1) is 0 Å². The number of aryl methyl sites for hydroxylation is 1. The summed E-state index contributed by atoms with van der Waals surface area (Å²) in [6, 6.07) is 8.65. The Hall–Kier alpha value is -2.38. The van der Waals surface area contributed by atoms with Crippen molar-refractivity contribution in [2.75, 3.05) is 34.9 Å². The van der Waals surface area contributed by atoms with E-state index in [9.17, 15) is 0 Å². The van der Waals surface area contributed by atoms with Crippen molar-refractivity contribution in [1.29, 1.82) is 0 Å². The molecule has 7 heteroatoms. The van der Waals surface area contributed by atoms with Gasteiger partial charge in [-0.2, -0.15) is 0 Å². The van der Waals surface area contributed by atoms with E-state index in [-0.39, 0.29) is 11.7 Å². The van der Waals surface area contributed by atoms with E-state index >= 15 is 0 Å². The van der Waals surface area contributed by atoms with E-state index in [2.05, 4.69) is 51.8 Å². The van der Waals surface area contributed by atoms with E-state index < -0.39 is 0 Å². The second-order valence-corrected chi connectivity index (χ2v) is 8.20. The number of hydrogen-bond donors (Lipinski definition) is 3. The highest BCUT2D eigenvalue weighted by molar-refractivity contribution is 5.60. The van der Waals surface area contributed by atoms with Gasteiger partial charge in [-0.25, -0.2) is 15.4 Å². The number of rotatable bonds is 2. The van der Waals surface area contributed by atoms with E-state index in [0.717, 1.165) is 62.6 Å². The van der Waals surface area contributed by atoms with Crippen LogP contribution in [0.1, 0.15) is 43.6 Å². The average Bonchev–Trinajstić information content (AvgIpc) is 3.10. The lowest BCUT2D eigenvalue weighted by atomic mass is 9.91. The standard InChI is InChI=1S/C20H27N7/c1-20(21)8-11-26(12-9-20)16-13-22-17-18(23-16)24-25-19(17)27-10-4-6-14-5-2-3-7-15(14)27/h2-3,5,7,13,19,25H,4,6,8-12,21H2,1H3,(H,23,24). The van der Waals surface area contributed by atoms with Gasteiger partial charge in [0.15, 0.2) is 5.82 Å². The Morgan fingerprint density at radius 1 is 1.19 bits per heavy atom. The molecule has 1 saturated heterocycles. The molecule has 1 aromatic carbocycles. The molecule has 3 aliphatic heterocycles. The monoisotopic (exact) mass is 365 g/mol. The number of nitrogens with two attached hydrogens (primary N) is 1. The van der Waals surface area contributed by atoms with Gasteiger partial charge in [0.1, 0.15) is 17.7 Å². The quantitative estimate of drug-likeness (QED) is 0.752. The molecule has 3 aliphatic rings. The molecule has 0 saturated carbocycles. The predicted molar refractivity (Wildman–Crippen MR) is 108 cm³/mol. The molecule has 0 aliphatic carbocycles. The number of benzene rings is 1. The maximum Gasteiger partial charge on any atom is 0.168 e. The summed E-state index contributed by atoms with van der Waals surface area (Å²) in [4.78, 5) is 14.3. The van der Waals surface area contributed by atoms with Crippen molar-refractivity contribution >= 4 is 17.3 Å². The maximum atomic E-state index is 6.26. The Morgan fingerprint density at radius 3 is 2.85 bits per heavy atom. The van der Waals surface area contributed by atoms with Crippen LogP contribution in [0.2, 0.25) is 0 Å². The molecule has 5 rings (SSSR count). The van der Waals surface area contributed by atoms with Crippen molar-refractivity contribution in [3.63, 3.8) is 0 Å². The van der Waals surface area contributed by atoms with Gasteiger partial charge in [0.05, 0.1) is 6.20 Å². The number of nitrogens with one attached hydrogen (secondary N) is 2. The Labute approximate surface area is 159 Å². The lowest BCUT2D eigenvalue weighted by molar-refractivity contribution is 0.363. The Kier molecular flexibility index (Phi) is 3.94. The first kappa shape index (κ1) is 16.8. The van der Waals surface area contributed by atoms with Crippen LogP contribution in [-0.2, 0) is 6.42 Å². The maximum absolute atomic E-state index is 6.26. The van der Waals surface area contributed by atoms with Gasteiger partial charge < -0.3 is 21.0 Å². The van der Waals surface area contributed by atoms with E-state index in [1.165, 1.54) is 11.3 Å². The van der Waals surface area contributed by atoms with E-state index in [1.807, 2.05) is 6.20 Å². The summed E-state index contributed by atoms with van der Waals surface area (Å²) in [5.41, 5.74) is 16.5. The highest BCUT2D eigenvalue weighted by Gasteiger charge is 2.34. The first-order chi connectivity index (χ1) is 13.1. The van der Waals surface area contributed by atoms with Gasteiger partial charge in [-0.3, -0.25) is 0 Å². The summed E-state index contributed by atoms with van der Waals surface area (Å²) in [5, 5.41) is 0. The third-order valence-corrected chi connectivity index (χ3v) is 6.06. The fourth-order valence-corrected chi connectivity index (χ4v) is 4.34. The molecule has 0 radical (unpaired) electrons. The molecule has 1 atom stereocenters. The molecule has 4 heterocycles. The fourth-order valence-electron chi connectivity index (χ4n) is 4.34. The molecule has 1 aromatic heterocycles. The average molecular weight is 365 g/mol. The summed E-state index contributed by atoms with van der Waals surface area (Å²) in [5.74, 6) is 1.76. The molecule has 7 nitrogen and oxygen atoms in total. The summed E-state index contributed by atoms with van der Waals surface area (Å²) in [6.07, 6.45) is 6.17. The molecule has 0 bridgehead atoms. The second-order valence-electron chi connectivity index (χ2n) is 8.20. The van der Waals surface area contributed by atoms with Crippen molar-refractivity contribution in [2.24, 2.45) is 5.73 Å². The molecule has 1 unspecified atom stereocenters. The SMILES string of the molecule is CC1(N)CCN(c2cnc3c(n2)NNC3N2CCCc3ccccc32)CC1. The zero-order chi connectivity index (χ0) is 18.4. The summed E-state index contributed by atoms with van der Waals surface area (Å²) < 4.78 is 0. The third kappa shape index (κ3) is 3.00. The van der Waals surface area contributed by atoms with Crippen LogP contribution in [-0.4, -0.2) is 35.1 Å². The number of hydrazine groups is 1. The fraction of sp³-hybridized carbons (Fsp3) is 0.500. The normalized spacial score (nSPS) is 23.6. The number of aromatic nitrogens is 2. The van der Waals surface area contributed by atoms with Crippen LogP contribution in [0.25, 0.3) is 0 Å². The van der Waals surface area contributed by atoms with Crippen LogP contribution in [0.15, 0.2) is 30.5 Å². The number of piperidine rings is 1. The number of hydrogen-bond acceptors (Lipinski definition) is 7. The molecule has 27 heavy (non-hydrogen) atoms. The molecule has 4 N–H and O–H groups in total. The second kappa shape index (κ2) is 6.35. The molecule has 2 aromatic rings. The molecule has 1 fully saturated rings. The highest BCUT2D eigenvalue weighted by atomic mass is 15.5. The topological polar surface area (TPSA) is 82.3 Å². The van der Waals surface area contributed by atoms with Crippen molar-refractivity contribution in [2.45, 2.75) is 44.3 Å². The highest BCUT2D eigenvalue weighted by Crippen LogP contribution is 2.37.